The first-order valence-electron chi connectivity index (χ1n) is 2.81. The van der Waals surface area contributed by atoms with E-state index in [1.807, 2.05) is 0 Å². The molecule has 0 amide bonds. The first-order valence-corrected chi connectivity index (χ1v) is 3.18. The molecule has 0 bridgehead atoms. The van der Waals surface area contributed by atoms with E-state index in [-0.39, 0.29) is 16.6 Å². The summed E-state index contributed by atoms with van der Waals surface area (Å²) < 4.78 is 4.34. The van der Waals surface area contributed by atoms with Crippen LogP contribution in [0.2, 0.25) is 5.15 Å². The normalized spacial score (nSPS) is 9.64. The van der Waals surface area contributed by atoms with Crippen molar-refractivity contribution in [1.29, 1.82) is 0 Å². The van der Waals surface area contributed by atoms with Crippen LogP contribution in [-0.4, -0.2) is 23.2 Å². The van der Waals surface area contributed by atoms with Gasteiger partial charge in [0.15, 0.2) is 5.69 Å². The third kappa shape index (κ3) is 1.46. The molecule has 1 aromatic rings. The molecule has 0 aliphatic heterocycles. The van der Waals surface area contributed by atoms with Gasteiger partial charge in [0.1, 0.15) is 10.9 Å². The summed E-state index contributed by atoms with van der Waals surface area (Å²) in [5.74, 6) is -0.851. The topological polar surface area (TPSA) is 62.3 Å². The van der Waals surface area contributed by atoms with Crippen LogP contribution in [0.15, 0.2) is 6.07 Å². The first kappa shape index (κ1) is 7.94. The Kier molecular flexibility index (Phi) is 2.05. The average molecular weight is 176 g/mol. The van der Waals surface area contributed by atoms with E-state index in [0.29, 0.717) is 0 Å². The second kappa shape index (κ2) is 2.84. The summed E-state index contributed by atoms with van der Waals surface area (Å²) in [6, 6.07) is 1.23. The van der Waals surface area contributed by atoms with Crippen LogP contribution in [0.4, 0.5) is 0 Å². The van der Waals surface area contributed by atoms with Crippen LogP contribution in [0.1, 0.15) is 10.5 Å². The molecule has 0 saturated heterocycles. The summed E-state index contributed by atoms with van der Waals surface area (Å²) in [6.07, 6.45) is 0. The Morgan fingerprint density at radius 2 is 2.45 bits per heavy atom. The average Bonchev–Trinajstić information content (AvgIpc) is 2.28. The van der Waals surface area contributed by atoms with Gasteiger partial charge in [0.25, 0.3) is 0 Å². The number of rotatable bonds is 1. The predicted octanol–water partition coefficient (Wildman–Crippen LogP) is 1.16. The Morgan fingerprint density at radius 1 is 1.82 bits per heavy atom. The number of aromatic hydroxyl groups is 1. The van der Waals surface area contributed by atoms with Crippen molar-refractivity contribution in [2.24, 2.45) is 0 Å². The van der Waals surface area contributed by atoms with Gasteiger partial charge >= 0.3 is 5.97 Å². The third-order valence-corrected chi connectivity index (χ3v) is 1.36. The zero-order valence-corrected chi connectivity index (χ0v) is 6.47. The number of aromatic amines is 1. The molecule has 60 valence electrons. The maximum atomic E-state index is 10.8. The number of carbonyl (C=O) groups excluding carboxylic acids is 1. The highest BCUT2D eigenvalue weighted by Gasteiger charge is 2.13. The van der Waals surface area contributed by atoms with Gasteiger partial charge in [-0.25, -0.2) is 4.79 Å². The van der Waals surface area contributed by atoms with Gasteiger partial charge in [0.05, 0.1) is 7.11 Å². The van der Waals surface area contributed by atoms with Gasteiger partial charge in [-0.1, -0.05) is 11.6 Å². The molecule has 0 spiro atoms. The number of H-pyrrole nitrogens is 1. The number of hydrogen-bond donors (Lipinski definition) is 2. The minimum Gasteiger partial charge on any atom is -0.505 e. The third-order valence-electron chi connectivity index (χ3n) is 1.15. The van der Waals surface area contributed by atoms with Crippen LogP contribution in [0.5, 0.6) is 5.75 Å². The van der Waals surface area contributed by atoms with Gasteiger partial charge < -0.3 is 14.8 Å². The van der Waals surface area contributed by atoms with Crippen LogP contribution in [0, 0.1) is 0 Å². The standard InChI is InChI=1S/C6H6ClNO3/c1-11-6(10)5-3(9)2-4(7)8-5/h2,8-9H,1H3. The van der Waals surface area contributed by atoms with Crippen molar-refractivity contribution in [2.45, 2.75) is 0 Å². The number of carbonyl (C=O) groups is 1. The largest absolute Gasteiger partial charge is 0.505 e. The minimum absolute atomic E-state index is 0.0301. The van der Waals surface area contributed by atoms with Crippen molar-refractivity contribution >= 4 is 17.6 Å². The summed E-state index contributed by atoms with van der Waals surface area (Å²) in [4.78, 5) is 13.2. The number of hydrogen-bond acceptors (Lipinski definition) is 3. The maximum absolute atomic E-state index is 10.8. The molecule has 0 saturated carbocycles. The molecule has 4 nitrogen and oxygen atoms in total. The van der Waals surface area contributed by atoms with Crippen molar-refractivity contribution in [2.75, 3.05) is 7.11 Å². The molecule has 1 rings (SSSR count). The van der Waals surface area contributed by atoms with Gasteiger partial charge in [-0.15, -0.1) is 0 Å². The summed E-state index contributed by atoms with van der Waals surface area (Å²) in [7, 11) is 1.22. The van der Waals surface area contributed by atoms with E-state index < -0.39 is 5.97 Å². The first-order chi connectivity index (χ1) is 5.15. The van der Waals surface area contributed by atoms with Crippen molar-refractivity contribution in [3.05, 3.63) is 16.9 Å². The second-order valence-electron chi connectivity index (χ2n) is 1.87. The van der Waals surface area contributed by atoms with E-state index >= 15 is 0 Å². The molecule has 1 heterocycles. The lowest BCUT2D eigenvalue weighted by atomic mass is 10.4. The molecule has 11 heavy (non-hydrogen) atoms. The minimum atomic E-state index is -0.644. The number of esters is 1. The van der Waals surface area contributed by atoms with Gasteiger partial charge in [-0.3, -0.25) is 0 Å². The fraction of sp³-hybridized carbons (Fsp3) is 0.167. The molecular weight excluding hydrogens is 170 g/mol. The van der Waals surface area contributed by atoms with E-state index in [4.69, 9.17) is 16.7 Å². The zero-order chi connectivity index (χ0) is 8.43. The lowest BCUT2D eigenvalue weighted by Crippen LogP contribution is -2.01. The number of nitrogens with one attached hydrogen (secondary N) is 1. The molecule has 0 aliphatic rings. The fourth-order valence-corrected chi connectivity index (χ4v) is 0.867. The van der Waals surface area contributed by atoms with Crippen molar-refractivity contribution in [3.63, 3.8) is 0 Å². The molecule has 0 aromatic carbocycles. The van der Waals surface area contributed by atoms with Crippen molar-refractivity contribution < 1.29 is 14.6 Å². The maximum Gasteiger partial charge on any atom is 0.358 e. The summed E-state index contributed by atoms with van der Waals surface area (Å²) in [5, 5.41) is 9.21. The lowest BCUT2D eigenvalue weighted by molar-refractivity contribution is 0.0591. The molecule has 0 atom stereocenters. The molecule has 0 unspecified atom stereocenters. The number of methoxy groups -OCH3 is 1. The molecule has 1 aromatic heterocycles. The fourth-order valence-electron chi connectivity index (χ4n) is 0.669. The summed E-state index contributed by atoms with van der Waals surface area (Å²) >= 11 is 5.44. The zero-order valence-electron chi connectivity index (χ0n) is 5.72. The highest BCUT2D eigenvalue weighted by atomic mass is 35.5. The Hall–Kier alpha value is -1.16. The van der Waals surface area contributed by atoms with Crippen LogP contribution in [0.3, 0.4) is 0 Å². The summed E-state index contributed by atoms with van der Waals surface area (Å²) in [6.45, 7) is 0. The van der Waals surface area contributed by atoms with Gasteiger partial charge in [-0.2, -0.15) is 0 Å². The Labute approximate surface area is 67.7 Å². The molecular formula is C6H6ClNO3. The van der Waals surface area contributed by atoms with Crippen molar-refractivity contribution in [1.82, 2.24) is 4.98 Å². The summed E-state index contributed by atoms with van der Waals surface area (Å²) in [5.41, 5.74) is -0.0301. The van der Waals surface area contributed by atoms with Gasteiger partial charge in [-0.05, 0) is 0 Å². The number of ether oxygens (including phenoxy) is 1. The van der Waals surface area contributed by atoms with E-state index in [2.05, 4.69) is 9.72 Å². The van der Waals surface area contributed by atoms with E-state index in [1.54, 1.807) is 0 Å². The predicted molar refractivity (Wildman–Crippen MR) is 38.8 cm³/mol. The van der Waals surface area contributed by atoms with Gasteiger partial charge in [0, 0.05) is 6.07 Å². The van der Waals surface area contributed by atoms with Crippen LogP contribution in [-0.2, 0) is 4.74 Å². The quantitative estimate of drug-likeness (QED) is 0.630. The van der Waals surface area contributed by atoms with Crippen LogP contribution >= 0.6 is 11.6 Å². The lowest BCUT2D eigenvalue weighted by Gasteiger charge is -1.94. The molecule has 0 fully saturated rings. The van der Waals surface area contributed by atoms with Gasteiger partial charge in [0.2, 0.25) is 0 Å². The highest BCUT2D eigenvalue weighted by molar-refractivity contribution is 6.30. The van der Waals surface area contributed by atoms with Crippen LogP contribution in [0.25, 0.3) is 0 Å². The van der Waals surface area contributed by atoms with E-state index in [1.165, 1.54) is 13.2 Å². The highest BCUT2D eigenvalue weighted by Crippen LogP contribution is 2.21. The number of aromatic nitrogens is 1. The molecule has 2 N–H and O–H groups in total. The Bertz CT molecular complexity index is 281. The van der Waals surface area contributed by atoms with E-state index in [9.17, 15) is 4.79 Å². The second-order valence-corrected chi connectivity index (χ2v) is 2.28. The SMILES string of the molecule is COC(=O)c1[nH]c(Cl)cc1O. The molecule has 0 aliphatic carbocycles. The van der Waals surface area contributed by atoms with Crippen LogP contribution < -0.4 is 0 Å². The smallest absolute Gasteiger partial charge is 0.358 e. The molecule has 5 heteroatoms. The number of halogens is 1. The monoisotopic (exact) mass is 175 g/mol. The van der Waals surface area contributed by atoms with E-state index in [0.717, 1.165) is 0 Å². The Morgan fingerprint density at radius 3 is 2.82 bits per heavy atom. The molecule has 0 radical (unpaired) electrons. The Balaban J connectivity index is 3.03. The van der Waals surface area contributed by atoms with Crippen molar-refractivity contribution in [3.8, 4) is 5.75 Å².